The lowest BCUT2D eigenvalue weighted by Gasteiger charge is -2.17. The number of hydrogen-bond donors (Lipinski definition) is 2. The van der Waals surface area contributed by atoms with Gasteiger partial charge in [-0.25, -0.2) is 9.59 Å². The number of carbonyl (C=O) groups excluding carboxylic acids is 3. The van der Waals surface area contributed by atoms with Crippen LogP contribution in [0.15, 0.2) is 17.3 Å². The van der Waals surface area contributed by atoms with Gasteiger partial charge in [-0.1, -0.05) is 84.0 Å². The summed E-state index contributed by atoms with van der Waals surface area (Å²) in [6, 6.07) is 0. The largest absolute Gasteiger partial charge is 0.505 e. The van der Waals surface area contributed by atoms with E-state index in [0.717, 1.165) is 19.3 Å². The molecule has 1 aliphatic rings. The van der Waals surface area contributed by atoms with E-state index in [-0.39, 0.29) is 6.42 Å². The summed E-state index contributed by atoms with van der Waals surface area (Å²) in [6.45, 7) is 5.49. The van der Waals surface area contributed by atoms with Crippen LogP contribution in [0.2, 0.25) is 0 Å². The highest BCUT2D eigenvalue weighted by Crippen LogP contribution is 2.27. The minimum atomic E-state index is -1.92. The number of rotatable bonds is 20. The predicted octanol–water partition coefficient (Wildman–Crippen LogP) is 5.14. The lowest BCUT2D eigenvalue weighted by molar-refractivity contribution is -0.286. The Labute approximate surface area is 208 Å². The lowest BCUT2D eigenvalue weighted by Crippen LogP contribution is -2.32. The Kier molecular flexibility index (Phi) is 15.8. The van der Waals surface area contributed by atoms with E-state index in [1.165, 1.54) is 63.7 Å². The summed E-state index contributed by atoms with van der Waals surface area (Å²) in [5, 5.41) is 20.4. The maximum absolute atomic E-state index is 12.1. The van der Waals surface area contributed by atoms with Crippen LogP contribution in [0.5, 0.6) is 0 Å². The molecule has 0 saturated carbocycles. The molecule has 9 heteroatoms. The van der Waals surface area contributed by atoms with E-state index in [0.29, 0.717) is 6.42 Å². The fraction of sp³-hybridized carbons (Fsp3) is 0.769. The van der Waals surface area contributed by atoms with Gasteiger partial charge in [-0.3, -0.25) is 4.79 Å². The van der Waals surface area contributed by atoms with E-state index in [4.69, 9.17) is 19.2 Å². The molecule has 1 rings (SSSR count). The van der Waals surface area contributed by atoms with Crippen LogP contribution in [0.3, 0.4) is 0 Å². The number of aliphatic hydroxyl groups excluding tert-OH is 2. The van der Waals surface area contributed by atoms with E-state index >= 15 is 0 Å². The maximum atomic E-state index is 12.1. The minimum Gasteiger partial charge on any atom is -0.505 e. The van der Waals surface area contributed by atoms with Crippen LogP contribution >= 0.6 is 0 Å². The second-order valence-electron chi connectivity index (χ2n) is 9.15. The molecule has 0 bridgehead atoms. The number of ether oxygens (including phenoxy) is 2. The fourth-order valence-electron chi connectivity index (χ4n) is 3.63. The average Bonchev–Trinajstić information content (AvgIpc) is 3.11. The van der Waals surface area contributed by atoms with Gasteiger partial charge in [0.1, 0.15) is 0 Å². The molecular formula is C26H42O9. The van der Waals surface area contributed by atoms with E-state index in [1.54, 1.807) is 13.8 Å². The van der Waals surface area contributed by atoms with E-state index in [2.05, 4.69) is 6.92 Å². The number of hydrogen-bond acceptors (Lipinski definition) is 9. The van der Waals surface area contributed by atoms with Gasteiger partial charge in [0, 0.05) is 6.42 Å². The lowest BCUT2D eigenvalue weighted by atomic mass is 10.0. The van der Waals surface area contributed by atoms with Crippen molar-refractivity contribution >= 4 is 17.9 Å². The molecule has 0 amide bonds. The Hall–Kier alpha value is -2.35. The Morgan fingerprint density at radius 3 is 1.97 bits per heavy atom. The van der Waals surface area contributed by atoms with Crippen molar-refractivity contribution < 1.29 is 43.8 Å². The van der Waals surface area contributed by atoms with Gasteiger partial charge in [0.25, 0.3) is 5.76 Å². The second kappa shape index (κ2) is 18.0. The van der Waals surface area contributed by atoms with Crippen LogP contribution in [0.1, 0.15) is 111 Å². The molecular weight excluding hydrogens is 456 g/mol. The molecule has 1 heterocycles. The molecule has 35 heavy (non-hydrogen) atoms. The molecule has 0 unspecified atom stereocenters. The number of esters is 2. The van der Waals surface area contributed by atoms with Crippen LogP contribution in [0.4, 0.5) is 0 Å². The van der Waals surface area contributed by atoms with Crippen molar-refractivity contribution in [2.24, 2.45) is 0 Å². The van der Waals surface area contributed by atoms with Crippen molar-refractivity contribution in [3.8, 4) is 0 Å². The van der Waals surface area contributed by atoms with Crippen molar-refractivity contribution in [1.82, 2.24) is 0 Å². The smallest absolute Gasteiger partial charge is 0.382 e. The first-order valence-corrected chi connectivity index (χ1v) is 12.9. The summed E-state index contributed by atoms with van der Waals surface area (Å²) in [4.78, 5) is 44.6. The standard InChI is InChI=1S/C26H42O9/c1-4-5-6-7-8-9-10-11-12-13-14-15-16-17-21(28)32-20(18-27)22(29)24-23(30)25(26(31)33-24)35-34-19(2)3/h19,22,24,29-30H,4-17H2,1-3H3/t22-,24+/m0/s1. The van der Waals surface area contributed by atoms with Crippen LogP contribution in [0, 0.1) is 0 Å². The molecule has 0 aromatic carbocycles. The summed E-state index contributed by atoms with van der Waals surface area (Å²) in [5.41, 5.74) is 0. The first kappa shape index (κ1) is 30.7. The Balaban J connectivity index is 2.24. The van der Waals surface area contributed by atoms with Gasteiger partial charge in [-0.2, -0.15) is 4.89 Å². The molecule has 0 aromatic heterocycles. The fourth-order valence-corrected chi connectivity index (χ4v) is 3.63. The molecule has 1 aliphatic heterocycles. The molecule has 2 atom stereocenters. The second-order valence-corrected chi connectivity index (χ2v) is 9.15. The molecule has 9 nitrogen and oxygen atoms in total. The number of unbranched alkanes of at least 4 members (excludes halogenated alkanes) is 12. The number of aliphatic hydroxyl groups is 2. The predicted molar refractivity (Wildman–Crippen MR) is 128 cm³/mol. The van der Waals surface area contributed by atoms with Crippen LogP contribution in [-0.4, -0.2) is 46.4 Å². The zero-order valence-electron chi connectivity index (χ0n) is 21.4. The van der Waals surface area contributed by atoms with Gasteiger partial charge in [0.2, 0.25) is 5.76 Å². The van der Waals surface area contributed by atoms with Crippen LogP contribution in [0.25, 0.3) is 0 Å². The van der Waals surface area contributed by atoms with E-state index in [1.807, 2.05) is 0 Å². The Morgan fingerprint density at radius 2 is 1.49 bits per heavy atom. The zero-order chi connectivity index (χ0) is 26.1. The molecule has 0 radical (unpaired) electrons. The summed E-state index contributed by atoms with van der Waals surface area (Å²) in [5.74, 6) is -2.66. The van der Waals surface area contributed by atoms with Crippen LogP contribution in [-0.2, 0) is 33.6 Å². The van der Waals surface area contributed by atoms with Crippen molar-refractivity contribution in [2.75, 3.05) is 0 Å². The van der Waals surface area contributed by atoms with Gasteiger partial charge in [0.15, 0.2) is 23.9 Å². The molecule has 2 N–H and O–H groups in total. The summed E-state index contributed by atoms with van der Waals surface area (Å²) in [6.07, 6.45) is 11.3. The van der Waals surface area contributed by atoms with Crippen molar-refractivity contribution in [1.29, 1.82) is 0 Å². The first-order chi connectivity index (χ1) is 16.8. The minimum absolute atomic E-state index is 0.0680. The molecule has 0 fully saturated rings. The third-order valence-corrected chi connectivity index (χ3v) is 5.61. The quantitative estimate of drug-likeness (QED) is 0.0585. The van der Waals surface area contributed by atoms with Gasteiger partial charge in [-0.15, -0.1) is 0 Å². The SMILES string of the molecule is CCCCCCCCCCCCCCCC(=O)OC(=C=O)[C@H](O)[C@H]1OC(=O)C(OOC(C)C)=C1O. The zero-order valence-corrected chi connectivity index (χ0v) is 21.4. The summed E-state index contributed by atoms with van der Waals surface area (Å²) < 4.78 is 9.72. The third kappa shape index (κ3) is 12.3. The highest BCUT2D eigenvalue weighted by molar-refractivity contribution is 5.89. The number of carbonyl (C=O) groups is 2. The van der Waals surface area contributed by atoms with Gasteiger partial charge in [-0.05, 0) is 20.3 Å². The highest BCUT2D eigenvalue weighted by Gasteiger charge is 2.44. The van der Waals surface area contributed by atoms with E-state index in [9.17, 15) is 24.6 Å². The van der Waals surface area contributed by atoms with Gasteiger partial charge < -0.3 is 24.6 Å². The van der Waals surface area contributed by atoms with Gasteiger partial charge >= 0.3 is 11.9 Å². The average molecular weight is 499 g/mol. The Bertz CT molecular complexity index is 722. The molecule has 0 saturated heterocycles. The monoisotopic (exact) mass is 498 g/mol. The van der Waals surface area contributed by atoms with Crippen molar-refractivity contribution in [3.05, 3.63) is 17.3 Å². The Morgan fingerprint density at radius 1 is 0.971 bits per heavy atom. The first-order valence-electron chi connectivity index (χ1n) is 12.9. The summed E-state index contributed by atoms with van der Waals surface area (Å²) in [7, 11) is 0. The number of cyclic esters (lactones) is 1. The third-order valence-electron chi connectivity index (χ3n) is 5.61. The normalized spacial score (nSPS) is 16.3. The van der Waals surface area contributed by atoms with E-state index < -0.39 is 47.5 Å². The topological polar surface area (TPSA) is 129 Å². The summed E-state index contributed by atoms with van der Waals surface area (Å²) >= 11 is 0. The molecule has 0 aliphatic carbocycles. The van der Waals surface area contributed by atoms with Crippen LogP contribution < -0.4 is 0 Å². The maximum Gasteiger partial charge on any atom is 0.382 e. The van der Waals surface area contributed by atoms with Gasteiger partial charge in [0.05, 0.1) is 6.10 Å². The molecule has 0 aromatic rings. The highest BCUT2D eigenvalue weighted by atomic mass is 17.2. The van der Waals surface area contributed by atoms with Crippen molar-refractivity contribution in [3.63, 3.8) is 0 Å². The molecule has 0 spiro atoms. The van der Waals surface area contributed by atoms with Crippen molar-refractivity contribution in [2.45, 2.75) is 129 Å². The molecule has 200 valence electrons.